The summed E-state index contributed by atoms with van der Waals surface area (Å²) in [5, 5.41) is 0. The third-order valence-corrected chi connectivity index (χ3v) is 2.34. The van der Waals surface area contributed by atoms with Crippen LogP contribution in [-0.2, 0) is 4.74 Å². The van der Waals surface area contributed by atoms with Gasteiger partial charge < -0.3 is 14.4 Å². The van der Waals surface area contributed by atoms with Gasteiger partial charge in [0.05, 0.1) is 26.0 Å². The van der Waals surface area contributed by atoms with Gasteiger partial charge in [0.15, 0.2) is 0 Å². The molecule has 0 aliphatic carbocycles. The highest BCUT2D eigenvalue weighted by Crippen LogP contribution is 2.27. The average molecular weight is 192 g/mol. The monoisotopic (exact) mass is 192 g/mol. The molecule has 1 aliphatic heterocycles. The van der Waals surface area contributed by atoms with Crippen molar-refractivity contribution in [3.63, 3.8) is 0 Å². The summed E-state index contributed by atoms with van der Waals surface area (Å²) in [5.41, 5.74) is 1.04. The Kier molecular flexibility index (Phi) is 2.89. The van der Waals surface area contributed by atoms with Gasteiger partial charge in [-0.3, -0.25) is 0 Å². The van der Waals surface area contributed by atoms with E-state index in [0.29, 0.717) is 0 Å². The molecule has 0 amide bonds. The zero-order valence-corrected chi connectivity index (χ0v) is 8.32. The van der Waals surface area contributed by atoms with Gasteiger partial charge in [-0.2, -0.15) is 0 Å². The van der Waals surface area contributed by atoms with Gasteiger partial charge in [0.2, 0.25) is 0 Å². The van der Waals surface area contributed by atoms with E-state index >= 15 is 0 Å². The zero-order chi connectivity index (χ0) is 9.80. The summed E-state index contributed by atoms with van der Waals surface area (Å²) in [7, 11) is 1.69. The van der Waals surface area contributed by atoms with E-state index in [0.717, 1.165) is 37.7 Å². The highest BCUT2D eigenvalue weighted by Gasteiger charge is 2.14. The summed E-state index contributed by atoms with van der Waals surface area (Å²) in [6.45, 7) is 3.39. The fourth-order valence-corrected chi connectivity index (χ4v) is 1.61. The molecule has 0 aromatic heterocycles. The van der Waals surface area contributed by atoms with E-state index in [4.69, 9.17) is 9.47 Å². The molecule has 1 aliphatic rings. The molecule has 0 atom stereocenters. The number of anilines is 1. The number of para-hydroxylation sites is 1. The van der Waals surface area contributed by atoms with E-state index in [-0.39, 0.29) is 0 Å². The average Bonchev–Trinajstić information content (AvgIpc) is 2.30. The summed E-state index contributed by atoms with van der Waals surface area (Å²) in [4.78, 5) is 2.24. The Bertz CT molecular complexity index is 295. The van der Waals surface area contributed by atoms with Gasteiger partial charge in [-0.25, -0.2) is 0 Å². The maximum atomic E-state index is 5.30. The van der Waals surface area contributed by atoms with E-state index in [1.807, 2.05) is 18.2 Å². The first-order chi connectivity index (χ1) is 6.92. The third-order valence-electron chi connectivity index (χ3n) is 2.34. The zero-order valence-electron chi connectivity index (χ0n) is 8.32. The van der Waals surface area contributed by atoms with Crippen molar-refractivity contribution in [2.75, 3.05) is 38.3 Å². The second-order valence-corrected chi connectivity index (χ2v) is 3.19. The van der Waals surface area contributed by atoms with Crippen molar-refractivity contribution in [2.45, 2.75) is 0 Å². The standard InChI is InChI=1S/C11H14NO2/c1-13-11-5-3-2-4-10(11)12-6-8-14-9-7-12/h2-3,5H,6-9H2,1H3. The fourth-order valence-electron chi connectivity index (χ4n) is 1.61. The molecule has 1 saturated heterocycles. The Labute approximate surface area is 84.2 Å². The van der Waals surface area contributed by atoms with Crippen LogP contribution < -0.4 is 9.64 Å². The number of hydrogen-bond donors (Lipinski definition) is 0. The molecule has 0 saturated carbocycles. The van der Waals surface area contributed by atoms with Crippen LogP contribution in [0.1, 0.15) is 0 Å². The van der Waals surface area contributed by atoms with Gasteiger partial charge in [0.25, 0.3) is 0 Å². The minimum Gasteiger partial charge on any atom is -0.495 e. The highest BCUT2D eigenvalue weighted by atomic mass is 16.5. The quantitative estimate of drug-likeness (QED) is 0.705. The minimum absolute atomic E-state index is 0.784. The highest BCUT2D eigenvalue weighted by molar-refractivity contribution is 5.57. The number of nitrogens with zero attached hydrogens (tertiary/aromatic N) is 1. The van der Waals surface area contributed by atoms with Crippen molar-refractivity contribution in [3.8, 4) is 5.75 Å². The van der Waals surface area contributed by atoms with Gasteiger partial charge >= 0.3 is 0 Å². The van der Waals surface area contributed by atoms with Gasteiger partial charge in [-0.05, 0) is 6.07 Å². The molecule has 75 valence electrons. The molecule has 1 fully saturated rings. The predicted octanol–water partition coefficient (Wildman–Crippen LogP) is 1.33. The number of ether oxygens (including phenoxy) is 2. The molecule has 3 heteroatoms. The normalized spacial score (nSPS) is 16.8. The SMILES string of the molecule is COc1ccc[c]c1N1CCOCC1. The van der Waals surface area contributed by atoms with Crippen LogP contribution in [0.15, 0.2) is 18.2 Å². The van der Waals surface area contributed by atoms with Gasteiger partial charge in [0, 0.05) is 19.2 Å². The van der Waals surface area contributed by atoms with Crippen LogP contribution in [0.3, 0.4) is 0 Å². The largest absolute Gasteiger partial charge is 0.495 e. The van der Waals surface area contributed by atoms with Crippen LogP contribution in [0.5, 0.6) is 5.75 Å². The van der Waals surface area contributed by atoms with Gasteiger partial charge in [0.1, 0.15) is 5.75 Å². The van der Waals surface area contributed by atoms with E-state index in [1.54, 1.807) is 7.11 Å². The van der Waals surface area contributed by atoms with Crippen molar-refractivity contribution in [2.24, 2.45) is 0 Å². The Balaban J connectivity index is 2.20. The molecule has 0 spiro atoms. The Hall–Kier alpha value is -1.22. The number of hydrogen-bond acceptors (Lipinski definition) is 3. The summed E-state index contributed by atoms with van der Waals surface area (Å²) >= 11 is 0. The molecule has 0 unspecified atom stereocenters. The fraction of sp³-hybridized carbons (Fsp3) is 0.455. The molecule has 1 aromatic carbocycles. The van der Waals surface area contributed by atoms with Gasteiger partial charge in [-0.1, -0.05) is 12.1 Å². The minimum atomic E-state index is 0.784. The van der Waals surface area contributed by atoms with Crippen LogP contribution in [0.25, 0.3) is 0 Å². The first kappa shape index (κ1) is 9.34. The van der Waals surface area contributed by atoms with Crippen molar-refractivity contribution < 1.29 is 9.47 Å². The van der Waals surface area contributed by atoms with Crippen LogP contribution in [-0.4, -0.2) is 33.4 Å². The van der Waals surface area contributed by atoms with Crippen LogP contribution in [0.4, 0.5) is 5.69 Å². The van der Waals surface area contributed by atoms with E-state index in [9.17, 15) is 0 Å². The van der Waals surface area contributed by atoms with Crippen molar-refractivity contribution in [3.05, 3.63) is 24.3 Å². The third kappa shape index (κ3) is 1.82. The molecular formula is C11H14NO2. The summed E-state index contributed by atoms with van der Waals surface area (Å²) in [5.74, 6) is 0.884. The second kappa shape index (κ2) is 4.33. The lowest BCUT2D eigenvalue weighted by molar-refractivity contribution is 0.122. The molecule has 14 heavy (non-hydrogen) atoms. The lowest BCUT2D eigenvalue weighted by atomic mass is 10.2. The number of rotatable bonds is 2. The summed E-state index contributed by atoms with van der Waals surface area (Å²) in [6.07, 6.45) is 0. The van der Waals surface area contributed by atoms with E-state index in [1.165, 1.54) is 0 Å². The number of morpholine rings is 1. The van der Waals surface area contributed by atoms with Crippen molar-refractivity contribution >= 4 is 5.69 Å². The molecule has 3 nitrogen and oxygen atoms in total. The first-order valence-electron chi connectivity index (χ1n) is 4.79. The number of benzene rings is 1. The topological polar surface area (TPSA) is 21.7 Å². The molecular weight excluding hydrogens is 178 g/mol. The maximum absolute atomic E-state index is 5.30. The molecule has 1 radical (unpaired) electrons. The first-order valence-corrected chi connectivity index (χ1v) is 4.79. The van der Waals surface area contributed by atoms with Crippen LogP contribution in [0, 0.1) is 6.07 Å². The molecule has 0 N–H and O–H groups in total. The lowest BCUT2D eigenvalue weighted by Gasteiger charge is -2.29. The molecule has 1 aromatic rings. The summed E-state index contributed by atoms with van der Waals surface area (Å²) in [6, 6.07) is 9.01. The molecule has 2 rings (SSSR count). The van der Waals surface area contributed by atoms with Gasteiger partial charge in [-0.15, -0.1) is 0 Å². The number of methoxy groups -OCH3 is 1. The Morgan fingerprint density at radius 1 is 1.43 bits per heavy atom. The second-order valence-electron chi connectivity index (χ2n) is 3.19. The smallest absolute Gasteiger partial charge is 0.142 e. The Morgan fingerprint density at radius 2 is 2.21 bits per heavy atom. The van der Waals surface area contributed by atoms with Crippen LogP contribution in [0.2, 0.25) is 0 Å². The molecule has 1 heterocycles. The van der Waals surface area contributed by atoms with E-state index in [2.05, 4.69) is 11.0 Å². The van der Waals surface area contributed by atoms with Crippen molar-refractivity contribution in [1.82, 2.24) is 0 Å². The van der Waals surface area contributed by atoms with E-state index < -0.39 is 0 Å². The van der Waals surface area contributed by atoms with Crippen LogP contribution >= 0.6 is 0 Å². The maximum Gasteiger partial charge on any atom is 0.142 e. The van der Waals surface area contributed by atoms with Crippen molar-refractivity contribution in [1.29, 1.82) is 0 Å². The lowest BCUT2D eigenvalue weighted by Crippen LogP contribution is -2.36. The Morgan fingerprint density at radius 3 is 2.93 bits per heavy atom. The predicted molar refractivity (Wildman–Crippen MR) is 54.9 cm³/mol. The molecule has 0 bridgehead atoms. The summed E-state index contributed by atoms with van der Waals surface area (Å²) < 4.78 is 10.6.